The van der Waals surface area contributed by atoms with Crippen molar-refractivity contribution in [3.63, 3.8) is 0 Å². The maximum absolute atomic E-state index is 13.2. The number of amides is 3. The molecular weight excluding hydrogens is 434 g/mol. The number of hydrogen-bond donors (Lipinski definition) is 3. The second kappa shape index (κ2) is 15.0. The third kappa shape index (κ3) is 11.3. The van der Waals surface area contributed by atoms with E-state index in [2.05, 4.69) is 22.9 Å². The zero-order valence-corrected chi connectivity index (χ0v) is 22.2. The number of ether oxygens (including phenoxy) is 1. The molecule has 1 heterocycles. The Bertz CT molecular complexity index is 677. The van der Waals surface area contributed by atoms with E-state index in [0.29, 0.717) is 25.7 Å². The molecule has 1 aliphatic heterocycles. The Labute approximate surface area is 205 Å². The highest BCUT2D eigenvalue weighted by Crippen LogP contribution is 2.17. The van der Waals surface area contributed by atoms with Crippen LogP contribution in [-0.2, 0) is 23.9 Å². The lowest BCUT2D eigenvalue weighted by atomic mass is 9.99. The van der Waals surface area contributed by atoms with Gasteiger partial charge in [-0.05, 0) is 49.9 Å². The van der Waals surface area contributed by atoms with Crippen LogP contribution in [0.3, 0.4) is 0 Å². The van der Waals surface area contributed by atoms with E-state index in [1.165, 1.54) is 0 Å². The van der Waals surface area contributed by atoms with E-state index in [1.807, 2.05) is 41.5 Å². The minimum absolute atomic E-state index is 0.00486. The first-order valence-electron chi connectivity index (χ1n) is 13.0. The number of unbranched alkanes of at least 4 members (excludes halogenated alkanes) is 2. The first-order chi connectivity index (χ1) is 15.9. The largest absolute Gasteiger partial charge is 0.460 e. The quantitative estimate of drug-likeness (QED) is 0.327. The summed E-state index contributed by atoms with van der Waals surface area (Å²) < 4.78 is 5.78. The Morgan fingerprint density at radius 2 is 1.21 bits per heavy atom. The number of nitrogens with one attached hydrogen (secondary N) is 3. The van der Waals surface area contributed by atoms with Crippen LogP contribution in [0.2, 0.25) is 0 Å². The molecule has 0 aliphatic carbocycles. The van der Waals surface area contributed by atoms with Crippen molar-refractivity contribution in [3.05, 3.63) is 0 Å². The van der Waals surface area contributed by atoms with Gasteiger partial charge in [-0.3, -0.25) is 14.4 Å². The average Bonchev–Trinajstić information content (AvgIpc) is 2.70. The van der Waals surface area contributed by atoms with Crippen LogP contribution in [0.4, 0.5) is 0 Å². The van der Waals surface area contributed by atoms with Crippen molar-refractivity contribution >= 4 is 23.7 Å². The van der Waals surface area contributed by atoms with Crippen LogP contribution in [0.5, 0.6) is 0 Å². The van der Waals surface area contributed by atoms with Gasteiger partial charge in [-0.1, -0.05) is 61.3 Å². The Kier molecular flexibility index (Phi) is 13.2. The molecular formula is C26H47N3O5. The summed E-state index contributed by atoms with van der Waals surface area (Å²) in [4.78, 5) is 52.3. The van der Waals surface area contributed by atoms with Gasteiger partial charge in [-0.25, -0.2) is 4.79 Å². The second-order valence-corrected chi connectivity index (χ2v) is 10.9. The van der Waals surface area contributed by atoms with Crippen LogP contribution < -0.4 is 16.0 Å². The summed E-state index contributed by atoms with van der Waals surface area (Å²) in [7, 11) is 0. The van der Waals surface area contributed by atoms with Gasteiger partial charge in [-0.2, -0.15) is 0 Å². The average molecular weight is 482 g/mol. The standard InChI is InChI=1S/C26H47N3O5/c1-8-9-10-11-19-15-23(30)27-20(12-16(2)3)24(31)28-21(13-17(4)5)25(32)29-22(14-18(6)7)26(33)34-19/h16-22H,8-15H2,1-7H3,(H,27,30)(H,28,31)(H,29,32). The molecule has 0 radical (unpaired) electrons. The van der Waals surface area contributed by atoms with Gasteiger partial charge in [0.1, 0.15) is 24.2 Å². The SMILES string of the molecule is CCCCCC1CC(=O)NC(CC(C)C)C(=O)NC(CC(C)C)C(=O)NC(CC(C)C)C(=O)O1. The summed E-state index contributed by atoms with van der Waals surface area (Å²) in [5.74, 6) is -1.18. The van der Waals surface area contributed by atoms with E-state index in [-0.39, 0.29) is 36.0 Å². The Hall–Kier alpha value is -2.12. The van der Waals surface area contributed by atoms with E-state index in [4.69, 9.17) is 4.74 Å². The predicted octanol–water partition coefficient (Wildman–Crippen LogP) is 3.47. The molecule has 0 saturated carbocycles. The smallest absolute Gasteiger partial charge is 0.328 e. The first-order valence-corrected chi connectivity index (χ1v) is 13.0. The van der Waals surface area contributed by atoms with Gasteiger partial charge in [0.05, 0.1) is 6.42 Å². The molecule has 0 aromatic heterocycles. The highest BCUT2D eigenvalue weighted by molar-refractivity contribution is 5.94. The number of cyclic esters (lactones) is 1. The summed E-state index contributed by atoms with van der Waals surface area (Å²) in [6.07, 6.45) is 4.05. The molecule has 0 spiro atoms. The fraction of sp³-hybridized carbons (Fsp3) is 0.846. The Morgan fingerprint density at radius 1 is 0.735 bits per heavy atom. The summed E-state index contributed by atoms with van der Waals surface area (Å²) in [6.45, 7) is 13.9. The van der Waals surface area contributed by atoms with Crippen molar-refractivity contribution in [3.8, 4) is 0 Å². The number of esters is 1. The van der Waals surface area contributed by atoms with Crippen molar-refractivity contribution < 1.29 is 23.9 Å². The monoisotopic (exact) mass is 481 g/mol. The van der Waals surface area contributed by atoms with Gasteiger partial charge in [0.15, 0.2) is 0 Å². The molecule has 8 heteroatoms. The molecule has 1 aliphatic rings. The van der Waals surface area contributed by atoms with Crippen LogP contribution >= 0.6 is 0 Å². The highest BCUT2D eigenvalue weighted by atomic mass is 16.5. The lowest BCUT2D eigenvalue weighted by molar-refractivity contribution is -0.155. The molecule has 4 atom stereocenters. The van der Waals surface area contributed by atoms with Crippen molar-refractivity contribution in [2.24, 2.45) is 17.8 Å². The van der Waals surface area contributed by atoms with Crippen LogP contribution in [0.1, 0.15) is 99.8 Å². The predicted molar refractivity (Wildman–Crippen MR) is 133 cm³/mol. The Morgan fingerprint density at radius 3 is 1.71 bits per heavy atom. The van der Waals surface area contributed by atoms with Gasteiger partial charge in [-0.15, -0.1) is 0 Å². The van der Waals surface area contributed by atoms with E-state index in [0.717, 1.165) is 19.3 Å². The van der Waals surface area contributed by atoms with E-state index in [9.17, 15) is 19.2 Å². The molecule has 8 nitrogen and oxygen atoms in total. The number of rotatable bonds is 10. The fourth-order valence-corrected chi connectivity index (χ4v) is 4.17. The van der Waals surface area contributed by atoms with Crippen molar-refractivity contribution in [2.75, 3.05) is 0 Å². The third-order valence-corrected chi connectivity index (χ3v) is 5.83. The summed E-state index contributed by atoms with van der Waals surface area (Å²) >= 11 is 0. The van der Waals surface area contributed by atoms with Crippen LogP contribution in [0.25, 0.3) is 0 Å². The highest BCUT2D eigenvalue weighted by Gasteiger charge is 2.33. The van der Waals surface area contributed by atoms with E-state index >= 15 is 0 Å². The molecule has 3 amide bonds. The molecule has 0 aromatic rings. The summed E-state index contributed by atoms with van der Waals surface area (Å²) in [5.41, 5.74) is 0. The minimum atomic E-state index is -0.831. The van der Waals surface area contributed by atoms with Crippen molar-refractivity contribution in [1.29, 1.82) is 0 Å². The zero-order valence-electron chi connectivity index (χ0n) is 22.2. The lowest BCUT2D eigenvalue weighted by Gasteiger charge is -2.26. The van der Waals surface area contributed by atoms with Gasteiger partial charge >= 0.3 is 5.97 Å². The molecule has 0 aromatic carbocycles. The zero-order chi connectivity index (χ0) is 25.8. The maximum Gasteiger partial charge on any atom is 0.328 e. The second-order valence-electron chi connectivity index (χ2n) is 10.9. The van der Waals surface area contributed by atoms with Crippen LogP contribution in [0.15, 0.2) is 0 Å². The van der Waals surface area contributed by atoms with Crippen molar-refractivity contribution in [2.45, 2.75) is 124 Å². The third-order valence-electron chi connectivity index (χ3n) is 5.83. The molecule has 3 N–H and O–H groups in total. The topological polar surface area (TPSA) is 114 Å². The van der Waals surface area contributed by atoms with Crippen LogP contribution in [0, 0.1) is 17.8 Å². The molecule has 1 rings (SSSR count). The summed E-state index contributed by atoms with van der Waals surface area (Å²) in [6, 6.07) is -2.39. The molecule has 34 heavy (non-hydrogen) atoms. The molecule has 4 unspecified atom stereocenters. The van der Waals surface area contributed by atoms with Gasteiger partial charge < -0.3 is 20.7 Å². The van der Waals surface area contributed by atoms with Gasteiger partial charge in [0.25, 0.3) is 0 Å². The molecule has 1 fully saturated rings. The lowest BCUT2D eigenvalue weighted by Crippen LogP contribution is -2.56. The van der Waals surface area contributed by atoms with E-state index in [1.54, 1.807) is 0 Å². The number of hydrogen-bond acceptors (Lipinski definition) is 5. The molecule has 196 valence electrons. The summed E-state index contributed by atoms with van der Waals surface area (Å²) in [5, 5.41) is 8.50. The van der Waals surface area contributed by atoms with Crippen molar-refractivity contribution in [1.82, 2.24) is 16.0 Å². The fourth-order valence-electron chi connectivity index (χ4n) is 4.17. The van der Waals surface area contributed by atoms with E-state index < -0.39 is 36.1 Å². The Balaban J connectivity index is 3.30. The molecule has 0 bridgehead atoms. The van der Waals surface area contributed by atoms with Crippen LogP contribution in [-0.4, -0.2) is 47.9 Å². The number of carbonyl (C=O) groups is 4. The number of carbonyl (C=O) groups excluding carboxylic acids is 4. The normalized spacial score (nSPS) is 25.2. The van der Waals surface area contributed by atoms with Gasteiger partial charge in [0.2, 0.25) is 17.7 Å². The van der Waals surface area contributed by atoms with Gasteiger partial charge in [0, 0.05) is 0 Å². The maximum atomic E-state index is 13.2. The first kappa shape index (κ1) is 29.9. The minimum Gasteiger partial charge on any atom is -0.460 e. The molecule has 1 saturated heterocycles.